The minimum absolute atomic E-state index is 0.0227. The molecular weight excluding hydrogens is 398 g/mol. The third-order valence-electron chi connectivity index (χ3n) is 5.09. The highest BCUT2D eigenvalue weighted by molar-refractivity contribution is 7.83. The number of hydrogen-bond donors (Lipinski definition) is 2. The van der Waals surface area contributed by atoms with Crippen LogP contribution in [-0.2, 0) is 22.1 Å². The minimum Gasteiger partial charge on any atom is -0.392 e. The zero-order valence-electron chi connectivity index (χ0n) is 17.9. The van der Waals surface area contributed by atoms with Gasteiger partial charge < -0.3 is 19.7 Å². The van der Waals surface area contributed by atoms with Crippen molar-refractivity contribution in [2.75, 3.05) is 32.6 Å². The molecule has 0 radical (unpaired) electrons. The highest BCUT2D eigenvalue weighted by Gasteiger charge is 2.26. The molecule has 2 N–H and O–H groups in total. The molecule has 0 amide bonds. The van der Waals surface area contributed by atoms with E-state index in [4.69, 9.17) is 9.72 Å². The van der Waals surface area contributed by atoms with Crippen molar-refractivity contribution in [3.8, 4) is 0 Å². The van der Waals surface area contributed by atoms with Crippen LogP contribution in [0.25, 0.3) is 11.0 Å². The Labute approximate surface area is 180 Å². The van der Waals surface area contributed by atoms with Crippen LogP contribution in [0.4, 0.5) is 0 Å². The van der Waals surface area contributed by atoms with Crippen molar-refractivity contribution in [3.05, 3.63) is 65.5 Å². The quantitative estimate of drug-likeness (QED) is 0.651. The maximum atomic E-state index is 9.56. The van der Waals surface area contributed by atoms with E-state index in [9.17, 15) is 9.32 Å². The van der Waals surface area contributed by atoms with Crippen molar-refractivity contribution in [2.45, 2.75) is 31.7 Å². The fraction of sp³-hybridized carbons (Fsp3) is 0.435. The average molecular weight is 430 g/mol. The predicted molar refractivity (Wildman–Crippen MR) is 122 cm³/mol. The van der Waals surface area contributed by atoms with E-state index in [1.807, 2.05) is 48.5 Å². The number of imidazole rings is 1. The molecule has 0 bridgehead atoms. The van der Waals surface area contributed by atoms with Crippen LogP contribution in [0.2, 0.25) is 0 Å². The monoisotopic (exact) mass is 429 g/mol. The van der Waals surface area contributed by atoms with Gasteiger partial charge in [-0.05, 0) is 43.1 Å². The maximum absolute atomic E-state index is 9.56. The molecule has 1 atom stereocenters. The Balaban J connectivity index is 0.000000589. The molecule has 3 aromatic rings. The van der Waals surface area contributed by atoms with Crippen LogP contribution in [0.5, 0.6) is 0 Å². The van der Waals surface area contributed by atoms with Crippen LogP contribution >= 0.6 is 0 Å². The number of ether oxygens (including phenoxy) is 1. The smallest absolute Gasteiger partial charge is 0.141 e. The van der Waals surface area contributed by atoms with Crippen molar-refractivity contribution in [1.29, 1.82) is 0 Å². The van der Waals surface area contributed by atoms with Crippen molar-refractivity contribution < 1.29 is 14.1 Å². The molecule has 0 aliphatic carbocycles. The molecule has 1 aliphatic heterocycles. The Morgan fingerprint density at radius 3 is 2.57 bits per heavy atom. The Bertz CT molecular complexity index is 930. The molecule has 162 valence electrons. The molecule has 1 aliphatic rings. The molecule has 0 saturated carbocycles. The number of fused-ring (bicyclic) bond motifs is 1. The zero-order valence-corrected chi connectivity index (χ0v) is 18.7. The number of piperidine rings is 1. The van der Waals surface area contributed by atoms with Gasteiger partial charge in [0, 0.05) is 36.4 Å². The lowest BCUT2D eigenvalue weighted by molar-refractivity contribution is -0.0264. The summed E-state index contributed by atoms with van der Waals surface area (Å²) in [5.41, 5.74) is 3.86. The second-order valence-corrected chi connectivity index (χ2v) is 9.29. The molecular formula is C23H31N3O3S. The number of hydrogen-bond acceptors (Lipinski definition) is 5. The van der Waals surface area contributed by atoms with Gasteiger partial charge in [-0.25, -0.2) is 4.98 Å². The molecule has 2 aromatic carbocycles. The van der Waals surface area contributed by atoms with Gasteiger partial charge in [0.15, 0.2) is 0 Å². The molecule has 2 heterocycles. The Morgan fingerprint density at radius 1 is 1.20 bits per heavy atom. The van der Waals surface area contributed by atoms with Crippen LogP contribution < -0.4 is 0 Å². The summed E-state index contributed by atoms with van der Waals surface area (Å²) in [6.45, 7) is 2.12. The van der Waals surface area contributed by atoms with Gasteiger partial charge in [0.25, 0.3) is 0 Å². The summed E-state index contributed by atoms with van der Waals surface area (Å²) in [4.78, 5) is 10.5. The average Bonchev–Trinajstić information content (AvgIpc) is 3.17. The molecule has 1 aromatic heterocycles. The Kier molecular flexibility index (Phi) is 8.16. The lowest BCUT2D eigenvalue weighted by atomic mass is 10.0. The predicted octanol–water partition coefficient (Wildman–Crippen LogP) is 3.25. The van der Waals surface area contributed by atoms with Gasteiger partial charge >= 0.3 is 0 Å². The van der Waals surface area contributed by atoms with Crippen LogP contribution in [0.1, 0.15) is 35.9 Å². The van der Waals surface area contributed by atoms with E-state index >= 15 is 0 Å². The number of para-hydroxylation sites is 2. The van der Waals surface area contributed by atoms with Crippen molar-refractivity contribution in [1.82, 2.24) is 14.9 Å². The minimum atomic E-state index is -0.611. The number of benzene rings is 2. The highest BCUT2D eigenvalue weighted by atomic mass is 32.2. The highest BCUT2D eigenvalue weighted by Crippen LogP contribution is 2.30. The molecule has 30 heavy (non-hydrogen) atoms. The summed E-state index contributed by atoms with van der Waals surface area (Å²) in [5, 5.41) is 9.51. The fourth-order valence-corrected chi connectivity index (χ4v) is 3.57. The molecule has 1 unspecified atom stereocenters. The second kappa shape index (κ2) is 10.8. The number of aliphatic hydroxyl groups excluding tert-OH is 1. The number of aliphatic hydroxyl groups is 1. The van der Waals surface area contributed by atoms with Crippen molar-refractivity contribution in [2.24, 2.45) is 0 Å². The summed E-state index contributed by atoms with van der Waals surface area (Å²) in [5.74, 6) is 0.820. The Morgan fingerprint density at radius 2 is 1.90 bits per heavy atom. The molecule has 4 rings (SSSR count). The van der Waals surface area contributed by atoms with Crippen molar-refractivity contribution in [3.63, 3.8) is 0 Å². The summed E-state index contributed by atoms with van der Waals surface area (Å²) in [7, 11) is 1.54. The largest absolute Gasteiger partial charge is 0.392 e. The summed E-state index contributed by atoms with van der Waals surface area (Å²) in [6, 6.07) is 16.0. The first kappa shape index (κ1) is 22.6. The van der Waals surface area contributed by atoms with Crippen LogP contribution in [0.3, 0.4) is 0 Å². The number of rotatable bonds is 5. The van der Waals surface area contributed by atoms with Crippen LogP contribution in [0, 0.1) is 0 Å². The first-order chi connectivity index (χ1) is 14.5. The van der Waals surface area contributed by atoms with Gasteiger partial charge in [0.05, 0.1) is 23.7 Å². The van der Waals surface area contributed by atoms with E-state index in [1.54, 1.807) is 12.5 Å². The topological polar surface area (TPSA) is 78.5 Å². The third kappa shape index (κ3) is 6.22. The number of nitrogens with one attached hydrogen (secondary N) is 1. The van der Waals surface area contributed by atoms with Crippen LogP contribution in [0.15, 0.2) is 48.5 Å². The number of aromatic amines is 1. The van der Waals surface area contributed by atoms with Gasteiger partial charge in [0.2, 0.25) is 0 Å². The molecule has 7 heteroatoms. The van der Waals surface area contributed by atoms with E-state index < -0.39 is 10.8 Å². The Hall–Kier alpha value is -2.06. The molecule has 0 spiro atoms. The summed E-state index contributed by atoms with van der Waals surface area (Å²) in [6.07, 6.45) is 5.27. The molecule has 6 nitrogen and oxygen atoms in total. The molecule has 1 fully saturated rings. The second-order valence-electron chi connectivity index (χ2n) is 7.80. The SMILES string of the molecule is CN1CCC(OC(c2cccc(CO)c2)c2nc3ccccc3[nH]2)CC1.CS(C)=O. The van der Waals surface area contributed by atoms with Gasteiger partial charge in [-0.1, -0.05) is 36.4 Å². The van der Waals surface area contributed by atoms with Gasteiger partial charge in [-0.2, -0.15) is 0 Å². The lowest BCUT2D eigenvalue weighted by Crippen LogP contribution is -2.35. The summed E-state index contributed by atoms with van der Waals surface area (Å²) < 4.78 is 16.1. The normalized spacial score (nSPS) is 16.4. The first-order valence-corrected chi connectivity index (χ1v) is 12.2. The van der Waals surface area contributed by atoms with E-state index in [0.29, 0.717) is 0 Å². The maximum Gasteiger partial charge on any atom is 0.141 e. The molecule has 1 saturated heterocycles. The number of aromatic nitrogens is 2. The number of likely N-dealkylation sites (tertiary alicyclic amines) is 1. The van der Waals surface area contributed by atoms with E-state index in [-0.39, 0.29) is 18.8 Å². The lowest BCUT2D eigenvalue weighted by Gasteiger charge is -2.31. The number of H-pyrrole nitrogens is 1. The van der Waals surface area contributed by atoms with Crippen molar-refractivity contribution >= 4 is 21.8 Å². The fourth-order valence-electron chi connectivity index (χ4n) is 3.57. The van der Waals surface area contributed by atoms with E-state index in [1.165, 1.54) is 0 Å². The van der Waals surface area contributed by atoms with Crippen LogP contribution in [-0.4, -0.2) is 62.9 Å². The van der Waals surface area contributed by atoms with Gasteiger partial charge in [0.1, 0.15) is 11.9 Å². The third-order valence-corrected chi connectivity index (χ3v) is 5.09. The number of nitrogens with zero attached hydrogens (tertiary/aromatic N) is 2. The zero-order chi connectivity index (χ0) is 21.5. The van der Waals surface area contributed by atoms with E-state index in [0.717, 1.165) is 53.9 Å². The summed E-state index contributed by atoms with van der Waals surface area (Å²) >= 11 is 0. The first-order valence-electron chi connectivity index (χ1n) is 10.2. The van der Waals surface area contributed by atoms with Gasteiger partial charge in [-0.3, -0.25) is 4.21 Å². The van der Waals surface area contributed by atoms with E-state index in [2.05, 4.69) is 16.9 Å². The van der Waals surface area contributed by atoms with Gasteiger partial charge in [-0.15, -0.1) is 0 Å². The standard InChI is InChI=1S/C21H25N3O2.C2H6OS/c1-24-11-9-17(10-12-24)26-20(16-6-4-5-15(13-16)14-25)21-22-18-7-2-3-8-19(18)23-21;1-4(2)3/h2-8,13,17,20,25H,9-12,14H2,1H3,(H,22,23);1-2H3.